The number of nitrogens with one attached hydrogen (secondary N) is 1. The van der Waals surface area contributed by atoms with Crippen LogP contribution < -0.4 is 5.32 Å². The van der Waals surface area contributed by atoms with E-state index in [9.17, 15) is 9.90 Å². The minimum absolute atomic E-state index is 0.00578. The Hall–Kier alpha value is -1.35. The van der Waals surface area contributed by atoms with Crippen molar-refractivity contribution in [3.8, 4) is 0 Å². The lowest BCUT2D eigenvalue weighted by atomic mass is 9.84. The van der Waals surface area contributed by atoms with Gasteiger partial charge in [-0.2, -0.15) is 0 Å². The number of amides is 1. The van der Waals surface area contributed by atoms with Gasteiger partial charge in [0.1, 0.15) is 0 Å². The van der Waals surface area contributed by atoms with Crippen molar-refractivity contribution in [3.05, 3.63) is 35.4 Å². The largest absolute Gasteiger partial charge is 0.389 e. The first kappa shape index (κ1) is 18.7. The average molecular weight is 305 g/mol. The minimum Gasteiger partial charge on any atom is -0.389 e. The second-order valence-corrected chi connectivity index (χ2v) is 7.47. The van der Waals surface area contributed by atoms with E-state index in [1.165, 1.54) is 11.1 Å². The summed E-state index contributed by atoms with van der Waals surface area (Å²) in [5.41, 5.74) is 1.65. The first-order chi connectivity index (χ1) is 10.1. The highest BCUT2D eigenvalue weighted by Gasteiger charge is 2.21. The Bertz CT molecular complexity index is 469. The normalized spacial score (nSPS) is 13.5. The summed E-state index contributed by atoms with van der Waals surface area (Å²) >= 11 is 0. The van der Waals surface area contributed by atoms with Crippen LogP contribution in [0.5, 0.6) is 0 Å². The van der Waals surface area contributed by atoms with Crippen LogP contribution in [0.3, 0.4) is 0 Å². The predicted molar refractivity (Wildman–Crippen MR) is 92.0 cm³/mol. The monoisotopic (exact) mass is 305 g/mol. The van der Waals surface area contributed by atoms with Gasteiger partial charge in [0.05, 0.1) is 5.60 Å². The van der Waals surface area contributed by atoms with Crippen molar-refractivity contribution in [2.75, 3.05) is 6.54 Å². The van der Waals surface area contributed by atoms with Crippen molar-refractivity contribution < 1.29 is 9.90 Å². The average Bonchev–Trinajstić information content (AvgIpc) is 2.41. The van der Waals surface area contributed by atoms with Gasteiger partial charge in [-0.05, 0) is 42.7 Å². The molecule has 0 bridgehead atoms. The number of carbonyl (C=O) groups excluding carboxylic acids is 1. The number of hydrogen-bond donors (Lipinski definition) is 2. The van der Waals surface area contributed by atoms with Gasteiger partial charge in [-0.25, -0.2) is 0 Å². The van der Waals surface area contributed by atoms with Crippen LogP contribution in [0.15, 0.2) is 24.3 Å². The summed E-state index contributed by atoms with van der Waals surface area (Å²) in [4.78, 5) is 12.1. The highest BCUT2D eigenvalue weighted by Crippen LogP contribution is 2.29. The molecule has 0 aliphatic carbocycles. The maximum atomic E-state index is 12.1. The maximum absolute atomic E-state index is 12.1. The summed E-state index contributed by atoms with van der Waals surface area (Å²) in [7, 11) is 0. The molecular formula is C19H31NO2. The lowest BCUT2D eigenvalue weighted by Crippen LogP contribution is -2.38. The van der Waals surface area contributed by atoms with E-state index in [0.29, 0.717) is 18.3 Å². The molecular weight excluding hydrogens is 274 g/mol. The molecule has 1 rings (SSSR count). The highest BCUT2D eigenvalue weighted by atomic mass is 16.3. The van der Waals surface area contributed by atoms with E-state index in [-0.39, 0.29) is 18.4 Å². The van der Waals surface area contributed by atoms with Gasteiger partial charge in [-0.15, -0.1) is 0 Å². The Labute approximate surface area is 135 Å². The molecule has 2 N–H and O–H groups in total. The summed E-state index contributed by atoms with van der Waals surface area (Å²) in [6.07, 6.45) is 0.453. The summed E-state index contributed by atoms with van der Waals surface area (Å²) in [6, 6.07) is 8.60. The Morgan fingerprint density at radius 2 is 1.59 bits per heavy atom. The van der Waals surface area contributed by atoms with E-state index < -0.39 is 5.60 Å². The molecule has 0 aliphatic heterocycles. The summed E-state index contributed by atoms with van der Waals surface area (Å²) < 4.78 is 0. The summed E-state index contributed by atoms with van der Waals surface area (Å²) in [6.45, 7) is 12.3. The van der Waals surface area contributed by atoms with Crippen molar-refractivity contribution in [1.29, 1.82) is 0 Å². The van der Waals surface area contributed by atoms with Crippen LogP contribution in [0, 0.1) is 5.92 Å². The molecule has 22 heavy (non-hydrogen) atoms. The van der Waals surface area contributed by atoms with Crippen LogP contribution in [-0.2, 0) is 4.79 Å². The zero-order valence-electron chi connectivity index (χ0n) is 14.8. The third kappa shape index (κ3) is 6.18. The van der Waals surface area contributed by atoms with E-state index in [0.717, 1.165) is 0 Å². The molecule has 1 atom stereocenters. The fourth-order valence-electron chi connectivity index (χ4n) is 2.45. The number of rotatable bonds is 7. The second-order valence-electron chi connectivity index (χ2n) is 7.47. The van der Waals surface area contributed by atoms with Crippen LogP contribution >= 0.6 is 0 Å². The van der Waals surface area contributed by atoms with Gasteiger partial charge in [-0.1, -0.05) is 52.0 Å². The zero-order valence-corrected chi connectivity index (χ0v) is 14.8. The molecule has 0 aliphatic rings. The molecule has 0 heterocycles. The highest BCUT2D eigenvalue weighted by molar-refractivity contribution is 5.77. The third-order valence-corrected chi connectivity index (χ3v) is 3.96. The molecule has 3 heteroatoms. The van der Waals surface area contributed by atoms with Gasteiger partial charge in [0.2, 0.25) is 5.91 Å². The third-order valence-electron chi connectivity index (χ3n) is 3.96. The molecule has 3 nitrogen and oxygen atoms in total. The van der Waals surface area contributed by atoms with Gasteiger partial charge in [-0.3, -0.25) is 4.79 Å². The molecule has 0 spiro atoms. The van der Waals surface area contributed by atoms with E-state index in [1.54, 1.807) is 13.8 Å². The van der Waals surface area contributed by atoms with Crippen LogP contribution in [-0.4, -0.2) is 23.2 Å². The van der Waals surface area contributed by atoms with Gasteiger partial charge in [0, 0.05) is 13.0 Å². The quantitative estimate of drug-likeness (QED) is 0.804. The van der Waals surface area contributed by atoms with Crippen molar-refractivity contribution in [2.24, 2.45) is 5.92 Å². The lowest BCUT2D eigenvalue weighted by Gasteiger charge is -2.23. The topological polar surface area (TPSA) is 49.3 Å². The molecule has 0 saturated heterocycles. The molecule has 0 radical (unpaired) electrons. The standard InChI is InChI=1S/C19H31NO2/c1-13(2)15-7-9-16(10-8-15)17(14(3)4)11-18(21)20-12-19(5,6)22/h7-10,13-14,17,22H,11-12H2,1-6H3,(H,20,21). The molecule has 0 fully saturated rings. The second kappa shape index (κ2) is 7.77. The molecule has 1 amide bonds. The molecule has 1 aromatic carbocycles. The Balaban J connectivity index is 2.75. The SMILES string of the molecule is CC(C)c1ccc(C(CC(=O)NCC(C)(C)O)C(C)C)cc1. The Kier molecular flexibility index (Phi) is 6.61. The Morgan fingerprint density at radius 3 is 2.00 bits per heavy atom. The van der Waals surface area contributed by atoms with Gasteiger partial charge < -0.3 is 10.4 Å². The van der Waals surface area contributed by atoms with Gasteiger partial charge in [0.15, 0.2) is 0 Å². The van der Waals surface area contributed by atoms with Crippen LogP contribution in [0.4, 0.5) is 0 Å². The molecule has 124 valence electrons. The van der Waals surface area contributed by atoms with Crippen LogP contribution in [0.1, 0.15) is 70.9 Å². The molecule has 1 unspecified atom stereocenters. The Morgan fingerprint density at radius 1 is 1.09 bits per heavy atom. The number of benzene rings is 1. The first-order valence-corrected chi connectivity index (χ1v) is 8.19. The van der Waals surface area contributed by atoms with Crippen LogP contribution in [0.2, 0.25) is 0 Å². The van der Waals surface area contributed by atoms with Crippen molar-refractivity contribution in [2.45, 2.75) is 65.4 Å². The fraction of sp³-hybridized carbons (Fsp3) is 0.632. The zero-order chi connectivity index (χ0) is 16.9. The van der Waals surface area contributed by atoms with Gasteiger partial charge in [0.25, 0.3) is 0 Å². The van der Waals surface area contributed by atoms with E-state index >= 15 is 0 Å². The van der Waals surface area contributed by atoms with Crippen molar-refractivity contribution in [1.82, 2.24) is 5.32 Å². The van der Waals surface area contributed by atoms with Crippen molar-refractivity contribution >= 4 is 5.91 Å². The first-order valence-electron chi connectivity index (χ1n) is 8.19. The molecule has 0 saturated carbocycles. The summed E-state index contributed by atoms with van der Waals surface area (Å²) in [5.74, 6) is 1.09. The van der Waals surface area contributed by atoms with E-state index in [1.807, 2.05) is 0 Å². The number of carbonyl (C=O) groups is 1. The smallest absolute Gasteiger partial charge is 0.220 e. The molecule has 1 aromatic rings. The fourth-order valence-corrected chi connectivity index (χ4v) is 2.45. The van der Waals surface area contributed by atoms with Crippen LogP contribution in [0.25, 0.3) is 0 Å². The van der Waals surface area contributed by atoms with E-state index in [4.69, 9.17) is 0 Å². The minimum atomic E-state index is -0.873. The summed E-state index contributed by atoms with van der Waals surface area (Å²) in [5, 5.41) is 12.5. The van der Waals surface area contributed by atoms with Crippen molar-refractivity contribution in [3.63, 3.8) is 0 Å². The maximum Gasteiger partial charge on any atom is 0.220 e. The number of aliphatic hydroxyl groups is 1. The molecule has 0 aromatic heterocycles. The van der Waals surface area contributed by atoms with Gasteiger partial charge >= 0.3 is 0 Å². The van der Waals surface area contributed by atoms with E-state index in [2.05, 4.69) is 57.3 Å². The lowest BCUT2D eigenvalue weighted by molar-refractivity contribution is -0.122. The predicted octanol–water partition coefficient (Wildman–Crippen LogP) is 3.83. The number of hydrogen-bond acceptors (Lipinski definition) is 2.